The number of aromatic amines is 2. The summed E-state index contributed by atoms with van der Waals surface area (Å²) in [6, 6.07) is 0. The number of nitrogens with one attached hydrogen (secondary N) is 2. The van der Waals surface area contributed by atoms with Gasteiger partial charge in [-0.25, -0.2) is 0 Å². The van der Waals surface area contributed by atoms with Gasteiger partial charge in [0.15, 0.2) is 4.77 Å². The first-order valence-electron chi connectivity index (χ1n) is 3.83. The quantitative estimate of drug-likeness (QED) is 0.473. The van der Waals surface area contributed by atoms with Crippen molar-refractivity contribution in [3.8, 4) is 0 Å². The van der Waals surface area contributed by atoms with Gasteiger partial charge in [0, 0.05) is 0 Å². The normalized spacial score (nSPS) is 27.2. The zero-order chi connectivity index (χ0) is 8.72. The van der Waals surface area contributed by atoms with E-state index >= 15 is 0 Å². The van der Waals surface area contributed by atoms with Gasteiger partial charge in [0.2, 0.25) is 0 Å². The Bertz CT molecular complexity index is 416. The van der Waals surface area contributed by atoms with Crippen LogP contribution in [0.2, 0.25) is 0 Å². The van der Waals surface area contributed by atoms with Gasteiger partial charge in [0.25, 0.3) is 0 Å². The monoisotopic (exact) mass is 200 g/mol. The third-order valence-corrected chi connectivity index (χ3v) is 2.77. The molecule has 1 heterocycles. The van der Waals surface area contributed by atoms with E-state index in [1.165, 1.54) is 0 Å². The molecule has 0 spiro atoms. The SMILES string of the molecule is CC1C=c2[nH]c(=S)[nH]c2=CC1Cl. The number of hydrogen-bond acceptors (Lipinski definition) is 1. The summed E-state index contributed by atoms with van der Waals surface area (Å²) in [6.45, 7) is 2.08. The average Bonchev–Trinajstić information content (AvgIpc) is 2.30. The van der Waals surface area contributed by atoms with Crippen LogP contribution in [-0.2, 0) is 0 Å². The highest BCUT2D eigenvalue weighted by Gasteiger charge is 2.12. The number of halogens is 1. The lowest BCUT2D eigenvalue weighted by Gasteiger charge is -2.11. The maximum atomic E-state index is 6.05. The Morgan fingerprint density at radius 3 is 2.58 bits per heavy atom. The molecule has 2 unspecified atom stereocenters. The molecule has 2 atom stereocenters. The van der Waals surface area contributed by atoms with Crippen LogP contribution in [0.3, 0.4) is 0 Å². The van der Waals surface area contributed by atoms with Gasteiger partial charge < -0.3 is 9.97 Å². The fourth-order valence-electron chi connectivity index (χ4n) is 1.34. The van der Waals surface area contributed by atoms with Crippen molar-refractivity contribution in [3.05, 3.63) is 15.5 Å². The Labute approximate surface area is 80.0 Å². The van der Waals surface area contributed by atoms with E-state index in [2.05, 4.69) is 23.0 Å². The molecule has 0 radical (unpaired) electrons. The third-order valence-electron chi connectivity index (χ3n) is 2.04. The van der Waals surface area contributed by atoms with Crippen LogP contribution in [0, 0.1) is 10.7 Å². The molecule has 1 aliphatic rings. The van der Waals surface area contributed by atoms with Crippen molar-refractivity contribution in [2.24, 2.45) is 5.92 Å². The lowest BCUT2D eigenvalue weighted by atomic mass is 10.0. The molecular formula is C8H9ClN2S. The largest absolute Gasteiger partial charge is 0.331 e. The number of H-pyrrole nitrogens is 2. The topological polar surface area (TPSA) is 31.6 Å². The molecule has 0 fully saturated rings. The smallest absolute Gasteiger partial charge is 0.175 e. The van der Waals surface area contributed by atoms with Crippen LogP contribution in [0.4, 0.5) is 0 Å². The molecule has 64 valence electrons. The fourth-order valence-corrected chi connectivity index (χ4v) is 1.76. The second kappa shape index (κ2) is 2.75. The highest BCUT2D eigenvalue weighted by atomic mass is 35.5. The van der Waals surface area contributed by atoms with Crippen LogP contribution in [0.15, 0.2) is 0 Å². The molecule has 0 saturated carbocycles. The molecule has 2 nitrogen and oxygen atoms in total. The summed E-state index contributed by atoms with van der Waals surface area (Å²) >= 11 is 11.0. The van der Waals surface area contributed by atoms with Crippen molar-refractivity contribution in [3.63, 3.8) is 0 Å². The van der Waals surface area contributed by atoms with Gasteiger partial charge in [-0.05, 0) is 24.2 Å². The van der Waals surface area contributed by atoms with Crippen LogP contribution >= 0.6 is 23.8 Å². The fraction of sp³-hybridized carbons (Fsp3) is 0.375. The van der Waals surface area contributed by atoms with E-state index in [0.29, 0.717) is 10.7 Å². The molecule has 0 aliphatic heterocycles. The highest BCUT2D eigenvalue weighted by molar-refractivity contribution is 7.71. The highest BCUT2D eigenvalue weighted by Crippen LogP contribution is 2.13. The van der Waals surface area contributed by atoms with Crippen LogP contribution in [0.5, 0.6) is 0 Å². The number of alkyl halides is 1. The molecule has 0 aromatic carbocycles. The van der Waals surface area contributed by atoms with Crippen molar-refractivity contribution in [1.82, 2.24) is 9.97 Å². The zero-order valence-electron chi connectivity index (χ0n) is 6.60. The Kier molecular flexibility index (Phi) is 1.85. The molecular weight excluding hydrogens is 192 g/mol. The predicted molar refractivity (Wildman–Crippen MR) is 53.0 cm³/mol. The summed E-state index contributed by atoms with van der Waals surface area (Å²) in [6.07, 6.45) is 4.09. The number of aromatic nitrogens is 2. The van der Waals surface area contributed by atoms with Crippen molar-refractivity contribution < 1.29 is 0 Å². The predicted octanol–water partition coefficient (Wildman–Crippen LogP) is 0.890. The zero-order valence-corrected chi connectivity index (χ0v) is 8.17. The van der Waals surface area contributed by atoms with Crippen LogP contribution in [0.25, 0.3) is 12.2 Å². The van der Waals surface area contributed by atoms with E-state index in [9.17, 15) is 0 Å². The lowest BCUT2D eigenvalue weighted by Crippen LogP contribution is -2.32. The summed E-state index contributed by atoms with van der Waals surface area (Å²) in [7, 11) is 0. The minimum atomic E-state index is 0.0685. The first-order valence-corrected chi connectivity index (χ1v) is 4.67. The van der Waals surface area contributed by atoms with E-state index in [0.717, 1.165) is 10.7 Å². The molecule has 2 rings (SSSR count). The molecule has 2 N–H and O–H groups in total. The second-order valence-electron chi connectivity index (χ2n) is 3.04. The van der Waals surface area contributed by atoms with Gasteiger partial charge in [-0.3, -0.25) is 0 Å². The standard InChI is InChI=1S/C8H9ClN2S/c1-4-2-6-7(3-5(4)9)11-8(12)10-6/h2-5H,1H3,(H2,10,11,12). The lowest BCUT2D eigenvalue weighted by molar-refractivity contribution is 0.803. The minimum Gasteiger partial charge on any atom is -0.331 e. The Hall–Kier alpha value is -0.540. The maximum absolute atomic E-state index is 6.05. The second-order valence-corrected chi connectivity index (χ2v) is 3.96. The number of hydrogen-bond donors (Lipinski definition) is 2. The molecule has 0 saturated heterocycles. The summed E-state index contributed by atoms with van der Waals surface area (Å²) in [5.74, 6) is 0.362. The Balaban J connectivity index is 2.78. The molecule has 1 aromatic heterocycles. The summed E-state index contributed by atoms with van der Waals surface area (Å²) < 4.78 is 0.658. The van der Waals surface area contributed by atoms with Crippen LogP contribution in [0.1, 0.15) is 6.92 Å². The van der Waals surface area contributed by atoms with Crippen LogP contribution in [-0.4, -0.2) is 15.3 Å². The van der Waals surface area contributed by atoms with Gasteiger partial charge in [0.1, 0.15) is 0 Å². The molecule has 4 heteroatoms. The van der Waals surface area contributed by atoms with Crippen molar-refractivity contribution in [2.75, 3.05) is 0 Å². The van der Waals surface area contributed by atoms with Gasteiger partial charge in [-0.2, -0.15) is 0 Å². The van der Waals surface area contributed by atoms with E-state index < -0.39 is 0 Å². The summed E-state index contributed by atoms with van der Waals surface area (Å²) in [4.78, 5) is 6.10. The van der Waals surface area contributed by atoms with E-state index in [1.54, 1.807) is 0 Å². The number of imidazole rings is 1. The first-order chi connectivity index (χ1) is 5.66. The van der Waals surface area contributed by atoms with Gasteiger partial charge in [0.05, 0.1) is 16.1 Å². The summed E-state index contributed by atoms with van der Waals surface area (Å²) in [5, 5.41) is 2.14. The number of fused-ring (bicyclic) bond motifs is 1. The van der Waals surface area contributed by atoms with Gasteiger partial charge >= 0.3 is 0 Å². The van der Waals surface area contributed by atoms with Gasteiger partial charge in [-0.15, -0.1) is 11.6 Å². The molecule has 1 aliphatic carbocycles. The summed E-state index contributed by atoms with van der Waals surface area (Å²) in [5.41, 5.74) is 0. The van der Waals surface area contributed by atoms with E-state index in [4.69, 9.17) is 23.8 Å². The molecule has 0 bridgehead atoms. The Morgan fingerprint density at radius 1 is 1.33 bits per heavy atom. The van der Waals surface area contributed by atoms with Crippen molar-refractivity contribution in [1.29, 1.82) is 0 Å². The minimum absolute atomic E-state index is 0.0685. The van der Waals surface area contributed by atoms with Gasteiger partial charge in [-0.1, -0.05) is 13.0 Å². The van der Waals surface area contributed by atoms with E-state index in [1.807, 2.05) is 6.08 Å². The van der Waals surface area contributed by atoms with Crippen LogP contribution < -0.4 is 10.7 Å². The third kappa shape index (κ3) is 1.23. The van der Waals surface area contributed by atoms with E-state index in [-0.39, 0.29) is 5.38 Å². The molecule has 1 aromatic rings. The average molecular weight is 201 g/mol. The number of rotatable bonds is 0. The molecule has 0 amide bonds. The molecule has 12 heavy (non-hydrogen) atoms. The maximum Gasteiger partial charge on any atom is 0.175 e. The van der Waals surface area contributed by atoms with Crippen molar-refractivity contribution >= 4 is 36.0 Å². The van der Waals surface area contributed by atoms with Crippen molar-refractivity contribution in [2.45, 2.75) is 12.3 Å². The first kappa shape index (κ1) is 8.08. The Morgan fingerprint density at radius 2 is 1.92 bits per heavy atom.